The molecule has 0 aliphatic rings. The molecule has 0 aliphatic heterocycles. The number of hydrogen-bond donors (Lipinski definition) is 3. The van der Waals surface area contributed by atoms with Crippen molar-refractivity contribution in [3.05, 3.63) is 59.9 Å². The topological polar surface area (TPSA) is 78.4 Å². The molecular weight excluding hydrogens is 344 g/mol. The van der Waals surface area contributed by atoms with E-state index in [0.717, 1.165) is 5.48 Å². The lowest BCUT2D eigenvalue weighted by molar-refractivity contribution is -0.172. The number of rotatable bonds is 4. The molecule has 1 atom stereocenters. The van der Waals surface area contributed by atoms with Crippen LogP contribution >= 0.6 is 0 Å². The zero-order chi connectivity index (χ0) is 18.6. The summed E-state index contributed by atoms with van der Waals surface area (Å²) >= 11 is 0. The third-order valence-electron chi connectivity index (χ3n) is 3.30. The van der Waals surface area contributed by atoms with Crippen molar-refractivity contribution in [2.75, 3.05) is 0 Å². The number of amides is 2. The van der Waals surface area contributed by atoms with Crippen LogP contribution in [0.5, 0.6) is 0 Å². The summed E-state index contributed by atoms with van der Waals surface area (Å²) in [6, 6.07) is 8.09. The summed E-state index contributed by atoms with van der Waals surface area (Å²) in [6.45, 7) is 0. The smallest absolute Gasteiger partial charge is 0.333 e. The molecule has 0 aromatic heterocycles. The van der Waals surface area contributed by atoms with E-state index < -0.39 is 29.8 Å². The van der Waals surface area contributed by atoms with Crippen molar-refractivity contribution in [3.63, 3.8) is 0 Å². The van der Waals surface area contributed by atoms with Gasteiger partial charge in [-0.3, -0.25) is 14.8 Å². The quantitative estimate of drug-likeness (QED) is 0.448. The Morgan fingerprint density at radius 2 is 1.40 bits per heavy atom. The van der Waals surface area contributed by atoms with Gasteiger partial charge in [0.1, 0.15) is 5.82 Å². The van der Waals surface area contributed by atoms with E-state index in [1.807, 2.05) is 0 Å². The van der Waals surface area contributed by atoms with Crippen LogP contribution in [0.4, 0.5) is 17.6 Å². The molecule has 0 radical (unpaired) electrons. The van der Waals surface area contributed by atoms with Crippen LogP contribution in [-0.2, 0) is 4.79 Å². The molecule has 3 N–H and O–H groups in total. The molecule has 0 fully saturated rings. The zero-order valence-corrected chi connectivity index (χ0v) is 12.5. The van der Waals surface area contributed by atoms with Crippen LogP contribution in [0, 0.1) is 5.82 Å². The Kier molecular flexibility index (Phi) is 5.38. The highest BCUT2D eigenvalue weighted by Gasteiger charge is 2.46. The number of hydrogen-bond acceptors (Lipinski definition) is 3. The van der Waals surface area contributed by atoms with Crippen molar-refractivity contribution in [1.29, 1.82) is 0 Å². The van der Waals surface area contributed by atoms with Crippen LogP contribution in [0.3, 0.4) is 0 Å². The minimum absolute atomic E-state index is 0.120. The standard InChI is InChI=1S/C16H12F4N2O3/c17-12-7-5-10(6-8-12)9-1-3-11(4-2-9)14(23)21-13(15(24)22-25)16(18,19)20/h1-8,13,25H,(H,21,23)(H,22,24). The van der Waals surface area contributed by atoms with Gasteiger partial charge in [0.25, 0.3) is 11.8 Å². The van der Waals surface area contributed by atoms with E-state index in [1.165, 1.54) is 53.8 Å². The lowest BCUT2D eigenvalue weighted by Gasteiger charge is -2.19. The van der Waals surface area contributed by atoms with E-state index in [1.54, 1.807) is 0 Å². The van der Waals surface area contributed by atoms with Crippen LogP contribution in [0.1, 0.15) is 10.4 Å². The molecule has 0 bridgehead atoms. The van der Waals surface area contributed by atoms with E-state index in [4.69, 9.17) is 5.21 Å². The van der Waals surface area contributed by atoms with Gasteiger partial charge in [-0.15, -0.1) is 0 Å². The largest absolute Gasteiger partial charge is 0.417 e. The van der Waals surface area contributed by atoms with E-state index in [9.17, 15) is 27.2 Å². The normalized spacial score (nSPS) is 12.4. The molecule has 0 saturated heterocycles. The maximum Gasteiger partial charge on any atom is 0.417 e. The summed E-state index contributed by atoms with van der Waals surface area (Å²) in [5.41, 5.74) is 2.02. The predicted octanol–water partition coefficient (Wildman–Crippen LogP) is 2.66. The first-order valence-electron chi connectivity index (χ1n) is 6.90. The highest BCUT2D eigenvalue weighted by molar-refractivity contribution is 5.98. The molecule has 0 heterocycles. The second-order valence-electron chi connectivity index (χ2n) is 5.01. The molecular formula is C16H12F4N2O3. The Balaban J connectivity index is 2.17. The van der Waals surface area contributed by atoms with E-state index >= 15 is 0 Å². The molecule has 0 aliphatic carbocycles. The molecule has 132 valence electrons. The molecule has 9 heteroatoms. The zero-order valence-electron chi connectivity index (χ0n) is 12.5. The number of alkyl halides is 3. The summed E-state index contributed by atoms with van der Waals surface area (Å²) in [4.78, 5) is 23.0. The number of carbonyl (C=O) groups is 2. The summed E-state index contributed by atoms with van der Waals surface area (Å²) in [6.07, 6.45) is -5.07. The lowest BCUT2D eigenvalue weighted by Crippen LogP contribution is -2.54. The van der Waals surface area contributed by atoms with E-state index in [2.05, 4.69) is 0 Å². The molecule has 2 amide bonds. The van der Waals surface area contributed by atoms with E-state index in [-0.39, 0.29) is 5.56 Å². The number of halogens is 4. The van der Waals surface area contributed by atoms with Gasteiger partial charge in [-0.05, 0) is 35.4 Å². The van der Waals surface area contributed by atoms with Gasteiger partial charge < -0.3 is 5.32 Å². The number of benzene rings is 2. The fraction of sp³-hybridized carbons (Fsp3) is 0.125. The first-order valence-corrected chi connectivity index (χ1v) is 6.90. The van der Waals surface area contributed by atoms with Gasteiger partial charge in [0.05, 0.1) is 0 Å². The number of nitrogens with one attached hydrogen (secondary N) is 2. The summed E-state index contributed by atoms with van der Waals surface area (Å²) in [7, 11) is 0. The minimum Gasteiger partial charge on any atom is -0.333 e. The Morgan fingerprint density at radius 1 is 0.920 bits per heavy atom. The van der Waals surface area contributed by atoms with Crippen molar-refractivity contribution in [3.8, 4) is 11.1 Å². The van der Waals surface area contributed by atoms with Gasteiger partial charge in [0, 0.05) is 5.56 Å². The fourth-order valence-corrected chi connectivity index (χ4v) is 2.03. The molecule has 5 nitrogen and oxygen atoms in total. The van der Waals surface area contributed by atoms with Crippen molar-refractivity contribution in [1.82, 2.24) is 10.8 Å². The molecule has 2 rings (SSSR count). The number of carbonyl (C=O) groups excluding carboxylic acids is 2. The Morgan fingerprint density at radius 3 is 1.84 bits per heavy atom. The Bertz CT molecular complexity index is 758. The van der Waals surface area contributed by atoms with Crippen LogP contribution in [0.25, 0.3) is 11.1 Å². The highest BCUT2D eigenvalue weighted by atomic mass is 19.4. The predicted molar refractivity (Wildman–Crippen MR) is 79.1 cm³/mol. The average molecular weight is 356 g/mol. The van der Waals surface area contributed by atoms with Crippen molar-refractivity contribution in [2.24, 2.45) is 0 Å². The summed E-state index contributed by atoms with van der Waals surface area (Å²) < 4.78 is 51.1. The van der Waals surface area contributed by atoms with Gasteiger partial charge >= 0.3 is 6.18 Å². The van der Waals surface area contributed by atoms with Crippen LogP contribution in [-0.4, -0.2) is 29.2 Å². The third kappa shape index (κ3) is 4.54. The van der Waals surface area contributed by atoms with Crippen LogP contribution < -0.4 is 10.8 Å². The van der Waals surface area contributed by atoms with Crippen LogP contribution in [0.15, 0.2) is 48.5 Å². The Hall–Kier alpha value is -2.94. The monoisotopic (exact) mass is 356 g/mol. The SMILES string of the molecule is O=C(NC(C(=O)NO)C(F)(F)F)c1ccc(-c2ccc(F)cc2)cc1. The number of hydroxylamine groups is 1. The summed E-state index contributed by atoms with van der Waals surface area (Å²) in [5.74, 6) is -3.36. The van der Waals surface area contributed by atoms with Crippen molar-refractivity contribution < 1.29 is 32.4 Å². The third-order valence-corrected chi connectivity index (χ3v) is 3.30. The van der Waals surface area contributed by atoms with Crippen LogP contribution in [0.2, 0.25) is 0 Å². The second kappa shape index (κ2) is 7.31. The Labute approximate surface area is 139 Å². The first kappa shape index (κ1) is 18.4. The van der Waals surface area contributed by atoms with Gasteiger partial charge in [-0.25, -0.2) is 9.87 Å². The minimum atomic E-state index is -5.07. The van der Waals surface area contributed by atoms with Gasteiger partial charge in [-0.2, -0.15) is 13.2 Å². The molecule has 0 saturated carbocycles. The van der Waals surface area contributed by atoms with Gasteiger partial charge in [0.15, 0.2) is 0 Å². The fourth-order valence-electron chi connectivity index (χ4n) is 2.03. The molecule has 2 aromatic rings. The first-order chi connectivity index (χ1) is 11.7. The second-order valence-corrected chi connectivity index (χ2v) is 5.01. The molecule has 0 spiro atoms. The molecule has 1 unspecified atom stereocenters. The van der Waals surface area contributed by atoms with Gasteiger partial charge in [0.2, 0.25) is 6.04 Å². The van der Waals surface area contributed by atoms with Crippen molar-refractivity contribution in [2.45, 2.75) is 12.2 Å². The summed E-state index contributed by atoms with van der Waals surface area (Å²) in [5, 5.41) is 9.86. The maximum absolute atomic E-state index is 12.9. The van der Waals surface area contributed by atoms with Gasteiger partial charge in [-0.1, -0.05) is 24.3 Å². The maximum atomic E-state index is 12.9. The molecule has 2 aromatic carbocycles. The average Bonchev–Trinajstić information content (AvgIpc) is 2.58. The van der Waals surface area contributed by atoms with E-state index in [0.29, 0.717) is 11.1 Å². The molecule has 25 heavy (non-hydrogen) atoms. The highest BCUT2D eigenvalue weighted by Crippen LogP contribution is 2.22. The van der Waals surface area contributed by atoms with Crippen molar-refractivity contribution >= 4 is 11.8 Å². The lowest BCUT2D eigenvalue weighted by atomic mass is 10.0.